The van der Waals surface area contributed by atoms with Crippen molar-refractivity contribution in [2.24, 2.45) is 0 Å². The maximum absolute atomic E-state index is 5.02. The molecule has 0 bridgehead atoms. The van der Waals surface area contributed by atoms with E-state index in [9.17, 15) is 0 Å². The molecule has 0 aliphatic heterocycles. The van der Waals surface area contributed by atoms with E-state index in [0.29, 0.717) is 12.5 Å². The van der Waals surface area contributed by atoms with Crippen LogP contribution in [0.1, 0.15) is 21.7 Å². The lowest BCUT2D eigenvalue weighted by molar-refractivity contribution is 0.341. The average Bonchev–Trinajstić information content (AvgIpc) is 3.05. The highest BCUT2D eigenvalue weighted by atomic mass is 32.1. The first-order valence-electron chi connectivity index (χ1n) is 6.47. The molecule has 0 aromatic carbocycles. The molecule has 0 amide bonds. The summed E-state index contributed by atoms with van der Waals surface area (Å²) in [6.45, 7) is 0.702. The highest BCUT2D eigenvalue weighted by Gasteiger charge is 2.15. The molecule has 106 valence electrons. The normalized spacial score (nSPS) is 13.1. The number of methoxy groups -OCH3 is 2. The van der Waals surface area contributed by atoms with Crippen molar-refractivity contribution < 1.29 is 9.47 Å². The largest absolute Gasteiger partial charge is 0.467 e. The summed E-state index contributed by atoms with van der Waals surface area (Å²) in [7, 11) is 3.03. The topological polar surface area (TPSA) is 69.2 Å². The van der Waals surface area contributed by atoms with Crippen LogP contribution in [0.4, 0.5) is 5.95 Å². The smallest absolute Gasteiger partial charge is 0.324 e. The minimum Gasteiger partial charge on any atom is -0.467 e. The van der Waals surface area contributed by atoms with Gasteiger partial charge in [0.25, 0.3) is 0 Å². The molecule has 0 radical (unpaired) electrons. The third-order valence-electron chi connectivity index (χ3n) is 3.18. The summed E-state index contributed by atoms with van der Waals surface area (Å²) in [5, 5.41) is 3.19. The van der Waals surface area contributed by atoms with E-state index in [1.165, 1.54) is 48.8 Å². The van der Waals surface area contributed by atoms with E-state index in [0.717, 1.165) is 0 Å². The van der Waals surface area contributed by atoms with Gasteiger partial charge >= 0.3 is 12.0 Å². The van der Waals surface area contributed by atoms with E-state index in [1.54, 1.807) is 0 Å². The first kappa shape index (κ1) is 13.1. The van der Waals surface area contributed by atoms with E-state index < -0.39 is 0 Å². The van der Waals surface area contributed by atoms with Crippen LogP contribution in [0.3, 0.4) is 0 Å². The fraction of sp³-hybridized carbons (Fsp3) is 0.462. The van der Waals surface area contributed by atoms with Crippen molar-refractivity contribution in [2.75, 3.05) is 19.5 Å². The molecule has 3 rings (SSSR count). The van der Waals surface area contributed by atoms with E-state index in [-0.39, 0.29) is 12.0 Å². The number of rotatable bonds is 5. The van der Waals surface area contributed by atoms with Gasteiger partial charge in [0.2, 0.25) is 5.95 Å². The second kappa shape index (κ2) is 5.62. The van der Waals surface area contributed by atoms with Gasteiger partial charge in [-0.15, -0.1) is 16.3 Å². The van der Waals surface area contributed by atoms with Crippen LogP contribution >= 0.6 is 11.3 Å². The van der Waals surface area contributed by atoms with Crippen molar-refractivity contribution in [3.63, 3.8) is 0 Å². The Kier molecular flexibility index (Phi) is 3.68. The van der Waals surface area contributed by atoms with Gasteiger partial charge in [-0.25, -0.2) is 0 Å². The lowest BCUT2D eigenvalue weighted by Crippen LogP contribution is -2.06. The Balaban J connectivity index is 1.70. The number of aromatic nitrogens is 3. The number of aryl methyl sites for hydroxylation is 2. The first-order chi connectivity index (χ1) is 9.78. The lowest BCUT2D eigenvalue weighted by Gasteiger charge is -2.06. The van der Waals surface area contributed by atoms with Crippen molar-refractivity contribution in [1.29, 1.82) is 0 Å². The Morgan fingerprint density at radius 1 is 1.15 bits per heavy atom. The van der Waals surface area contributed by atoms with Crippen LogP contribution < -0.4 is 14.8 Å². The number of anilines is 1. The SMILES string of the molecule is COc1nc(NCc2cc3c(s2)CCC3)nc(OC)n1. The highest BCUT2D eigenvalue weighted by molar-refractivity contribution is 7.12. The zero-order valence-electron chi connectivity index (χ0n) is 11.5. The fourth-order valence-electron chi connectivity index (χ4n) is 2.24. The number of ether oxygens (including phenoxy) is 2. The summed E-state index contributed by atoms with van der Waals surface area (Å²) in [5.41, 5.74) is 1.50. The number of nitrogens with one attached hydrogen (secondary N) is 1. The molecule has 1 aliphatic rings. The number of hydrogen-bond donors (Lipinski definition) is 1. The van der Waals surface area contributed by atoms with Gasteiger partial charge in [-0.2, -0.15) is 9.97 Å². The number of thiophene rings is 1. The summed E-state index contributed by atoms with van der Waals surface area (Å²) >= 11 is 1.86. The van der Waals surface area contributed by atoms with Crippen molar-refractivity contribution in [3.05, 3.63) is 21.4 Å². The molecule has 0 spiro atoms. The van der Waals surface area contributed by atoms with Gasteiger partial charge in [-0.1, -0.05) is 0 Å². The lowest BCUT2D eigenvalue weighted by atomic mass is 10.2. The Morgan fingerprint density at radius 3 is 2.55 bits per heavy atom. The maximum Gasteiger partial charge on any atom is 0.324 e. The Morgan fingerprint density at radius 2 is 1.90 bits per heavy atom. The zero-order chi connectivity index (χ0) is 13.9. The molecule has 1 N–H and O–H groups in total. The van der Waals surface area contributed by atoms with Crippen molar-refractivity contribution in [1.82, 2.24) is 15.0 Å². The Hall–Kier alpha value is -1.89. The highest BCUT2D eigenvalue weighted by Crippen LogP contribution is 2.30. The van der Waals surface area contributed by atoms with Gasteiger partial charge in [-0.3, -0.25) is 0 Å². The molecule has 0 saturated heterocycles. The molecule has 0 unspecified atom stereocenters. The van der Waals surface area contributed by atoms with Crippen molar-refractivity contribution >= 4 is 17.3 Å². The molecule has 2 aromatic rings. The van der Waals surface area contributed by atoms with Gasteiger partial charge in [0.15, 0.2) is 0 Å². The van der Waals surface area contributed by atoms with Crippen LogP contribution in [0.25, 0.3) is 0 Å². The Labute approximate surface area is 121 Å². The quantitative estimate of drug-likeness (QED) is 0.909. The van der Waals surface area contributed by atoms with Gasteiger partial charge in [0.1, 0.15) is 0 Å². The minimum atomic E-state index is 0.244. The first-order valence-corrected chi connectivity index (χ1v) is 7.28. The van der Waals surface area contributed by atoms with Crippen LogP contribution in [0.2, 0.25) is 0 Å². The molecule has 7 heteroatoms. The molecule has 1 aliphatic carbocycles. The predicted octanol–water partition coefficient (Wildman–Crippen LogP) is 2.05. The number of nitrogens with zero attached hydrogens (tertiary/aromatic N) is 3. The third kappa shape index (κ3) is 2.67. The van der Waals surface area contributed by atoms with Crippen LogP contribution in [0.5, 0.6) is 12.0 Å². The van der Waals surface area contributed by atoms with Crippen LogP contribution in [-0.4, -0.2) is 29.2 Å². The van der Waals surface area contributed by atoms with E-state index in [4.69, 9.17) is 9.47 Å². The zero-order valence-corrected chi connectivity index (χ0v) is 12.3. The second-order valence-electron chi connectivity index (χ2n) is 4.50. The van der Waals surface area contributed by atoms with Crippen LogP contribution in [0.15, 0.2) is 6.07 Å². The standard InChI is InChI=1S/C13H16N4O2S/c1-18-12-15-11(16-13(17-12)19-2)14-7-9-6-8-4-3-5-10(8)20-9/h6H,3-5,7H2,1-2H3,(H,14,15,16,17). The van der Waals surface area contributed by atoms with E-state index in [2.05, 4.69) is 26.3 Å². The van der Waals surface area contributed by atoms with Gasteiger partial charge < -0.3 is 14.8 Å². The molecular formula is C13H16N4O2S. The molecule has 0 fully saturated rings. The summed E-state index contributed by atoms with van der Waals surface area (Å²) in [4.78, 5) is 15.1. The molecule has 6 nitrogen and oxygen atoms in total. The fourth-order valence-corrected chi connectivity index (χ4v) is 3.44. The third-order valence-corrected chi connectivity index (χ3v) is 4.41. The van der Waals surface area contributed by atoms with Gasteiger partial charge in [-0.05, 0) is 30.9 Å². The summed E-state index contributed by atoms with van der Waals surface area (Å²) in [6.07, 6.45) is 3.71. The van der Waals surface area contributed by atoms with Crippen molar-refractivity contribution in [3.8, 4) is 12.0 Å². The van der Waals surface area contributed by atoms with Crippen LogP contribution in [0, 0.1) is 0 Å². The minimum absolute atomic E-state index is 0.244. The van der Waals surface area contributed by atoms with Gasteiger partial charge in [0, 0.05) is 9.75 Å². The predicted molar refractivity (Wildman–Crippen MR) is 76.6 cm³/mol. The molecular weight excluding hydrogens is 276 g/mol. The van der Waals surface area contributed by atoms with E-state index >= 15 is 0 Å². The molecule has 0 saturated carbocycles. The summed E-state index contributed by atoms with van der Waals surface area (Å²) in [6, 6.07) is 2.76. The molecule has 2 heterocycles. The molecule has 20 heavy (non-hydrogen) atoms. The van der Waals surface area contributed by atoms with E-state index in [1.807, 2.05) is 11.3 Å². The second-order valence-corrected chi connectivity index (χ2v) is 5.72. The average molecular weight is 292 g/mol. The summed E-state index contributed by atoms with van der Waals surface area (Å²) < 4.78 is 10.0. The summed E-state index contributed by atoms with van der Waals surface area (Å²) in [5.74, 6) is 0.460. The van der Waals surface area contributed by atoms with Crippen molar-refractivity contribution in [2.45, 2.75) is 25.8 Å². The number of fused-ring (bicyclic) bond motifs is 1. The van der Waals surface area contributed by atoms with Gasteiger partial charge in [0.05, 0.1) is 20.8 Å². The molecule has 0 atom stereocenters. The maximum atomic E-state index is 5.02. The molecule has 2 aromatic heterocycles. The monoisotopic (exact) mass is 292 g/mol. The van der Waals surface area contributed by atoms with Crippen LogP contribution in [-0.2, 0) is 19.4 Å². The number of hydrogen-bond acceptors (Lipinski definition) is 7. The Bertz CT molecular complexity index is 571.